The highest BCUT2D eigenvalue weighted by Crippen LogP contribution is 2.28. The minimum atomic E-state index is -0.0391. The van der Waals surface area contributed by atoms with Gasteiger partial charge in [0.1, 0.15) is 0 Å². The maximum atomic E-state index is 13.1. The number of rotatable bonds is 5. The molecular formula is C25H28N2O2S. The number of nitrogens with zero attached hydrogens (tertiary/aromatic N) is 1. The van der Waals surface area contributed by atoms with Gasteiger partial charge >= 0.3 is 0 Å². The van der Waals surface area contributed by atoms with Gasteiger partial charge in [-0.15, -0.1) is 11.3 Å². The van der Waals surface area contributed by atoms with Crippen molar-refractivity contribution >= 4 is 33.9 Å². The Hall–Kier alpha value is -2.66. The molecule has 2 aromatic carbocycles. The molecule has 0 saturated carbocycles. The highest BCUT2D eigenvalue weighted by Gasteiger charge is 2.30. The number of nitrogens with one attached hydrogen (secondary N) is 1. The normalized spacial score (nSPS) is 16.0. The van der Waals surface area contributed by atoms with Gasteiger partial charge in [-0.25, -0.2) is 0 Å². The quantitative estimate of drug-likeness (QED) is 0.611. The van der Waals surface area contributed by atoms with Crippen LogP contribution in [-0.4, -0.2) is 29.8 Å². The van der Waals surface area contributed by atoms with Crippen molar-refractivity contribution in [3.63, 3.8) is 0 Å². The number of hydrogen-bond donors (Lipinski definition) is 1. The molecule has 1 aliphatic heterocycles. The Morgan fingerprint density at radius 3 is 2.43 bits per heavy atom. The van der Waals surface area contributed by atoms with Crippen LogP contribution >= 0.6 is 11.3 Å². The molecule has 1 fully saturated rings. The van der Waals surface area contributed by atoms with E-state index in [0.29, 0.717) is 31.8 Å². The van der Waals surface area contributed by atoms with Gasteiger partial charge in [0.25, 0.3) is 5.91 Å². The molecule has 0 spiro atoms. The monoisotopic (exact) mass is 420 g/mol. The van der Waals surface area contributed by atoms with E-state index in [4.69, 9.17) is 0 Å². The fourth-order valence-corrected chi connectivity index (χ4v) is 5.18. The summed E-state index contributed by atoms with van der Waals surface area (Å²) in [7, 11) is 0. The van der Waals surface area contributed by atoms with Gasteiger partial charge in [0.05, 0.1) is 6.04 Å². The molecule has 1 N–H and O–H groups in total. The minimum Gasteiger partial charge on any atom is -0.348 e. The first-order valence-electron chi connectivity index (χ1n) is 10.7. The number of thiophene rings is 1. The number of carbonyl (C=O) groups excluding carboxylic acids is 2. The van der Waals surface area contributed by atoms with E-state index in [1.807, 2.05) is 58.8 Å². The smallest absolute Gasteiger partial charge is 0.254 e. The van der Waals surface area contributed by atoms with Gasteiger partial charge in [0.2, 0.25) is 5.91 Å². The molecular weight excluding hydrogens is 392 g/mol. The Balaban J connectivity index is 1.39. The van der Waals surface area contributed by atoms with Crippen LogP contribution < -0.4 is 5.32 Å². The van der Waals surface area contributed by atoms with Crippen molar-refractivity contribution in [3.05, 3.63) is 70.4 Å². The second kappa shape index (κ2) is 9.00. The average Bonchev–Trinajstić information content (AvgIpc) is 3.31. The Bertz CT molecular complexity index is 1020. The van der Waals surface area contributed by atoms with Crippen LogP contribution in [0, 0.1) is 11.8 Å². The molecule has 4 nitrogen and oxygen atoms in total. The largest absolute Gasteiger partial charge is 0.348 e. The number of benzene rings is 2. The molecule has 0 radical (unpaired) electrons. The molecule has 1 aromatic heterocycles. The molecule has 30 heavy (non-hydrogen) atoms. The summed E-state index contributed by atoms with van der Waals surface area (Å²) in [4.78, 5) is 29.1. The third-order valence-corrected chi connectivity index (χ3v) is 6.94. The summed E-state index contributed by atoms with van der Waals surface area (Å²) >= 11 is 1.68. The lowest BCUT2D eigenvalue weighted by atomic mass is 9.93. The lowest BCUT2D eigenvalue weighted by Gasteiger charge is -2.33. The summed E-state index contributed by atoms with van der Waals surface area (Å²) in [5, 5.41) is 7.37. The summed E-state index contributed by atoms with van der Waals surface area (Å²) in [6, 6.07) is 18.0. The van der Waals surface area contributed by atoms with E-state index in [0.717, 1.165) is 16.3 Å². The standard InChI is InChI=1S/C25H28N2O2S/c1-17(2)23(22-11-6-16-30-22)26-24(28)19-12-14-27(15-13-19)25(29)21-10-5-8-18-7-3-4-9-20(18)21/h3-11,16-17,19,23H,12-15H2,1-2H3,(H,26,28). The Kier molecular flexibility index (Phi) is 6.18. The first-order valence-corrected chi connectivity index (χ1v) is 11.5. The van der Waals surface area contributed by atoms with Crippen molar-refractivity contribution in [1.82, 2.24) is 10.2 Å². The van der Waals surface area contributed by atoms with E-state index in [9.17, 15) is 9.59 Å². The van der Waals surface area contributed by atoms with Gasteiger partial charge < -0.3 is 10.2 Å². The summed E-state index contributed by atoms with van der Waals surface area (Å²) in [5.74, 6) is 0.465. The van der Waals surface area contributed by atoms with Gasteiger partial charge in [0, 0.05) is 29.4 Å². The molecule has 0 bridgehead atoms. The maximum absolute atomic E-state index is 13.1. The molecule has 2 heterocycles. The zero-order valence-electron chi connectivity index (χ0n) is 17.5. The number of likely N-dealkylation sites (tertiary alicyclic amines) is 1. The Labute approximate surface area is 181 Å². The summed E-state index contributed by atoms with van der Waals surface area (Å²) < 4.78 is 0. The lowest BCUT2D eigenvalue weighted by Crippen LogP contribution is -2.44. The van der Waals surface area contributed by atoms with E-state index in [1.54, 1.807) is 11.3 Å². The molecule has 1 atom stereocenters. The van der Waals surface area contributed by atoms with Crippen LogP contribution in [0.15, 0.2) is 60.0 Å². The van der Waals surface area contributed by atoms with Gasteiger partial charge in [-0.1, -0.05) is 56.3 Å². The van der Waals surface area contributed by atoms with E-state index in [-0.39, 0.29) is 23.8 Å². The summed E-state index contributed by atoms with van der Waals surface area (Å²) in [6.45, 7) is 5.50. The Morgan fingerprint density at radius 2 is 1.73 bits per heavy atom. The second-order valence-corrected chi connectivity index (χ2v) is 9.32. The van der Waals surface area contributed by atoms with Crippen LogP contribution in [0.25, 0.3) is 10.8 Å². The third kappa shape index (κ3) is 4.26. The van der Waals surface area contributed by atoms with Crippen LogP contribution in [0.5, 0.6) is 0 Å². The number of hydrogen-bond acceptors (Lipinski definition) is 3. The Morgan fingerprint density at radius 1 is 1.00 bits per heavy atom. The van der Waals surface area contributed by atoms with Gasteiger partial charge in [-0.05, 0) is 47.0 Å². The number of fused-ring (bicyclic) bond motifs is 1. The van der Waals surface area contributed by atoms with Crippen molar-refractivity contribution in [2.24, 2.45) is 11.8 Å². The molecule has 3 aromatic rings. The van der Waals surface area contributed by atoms with Crippen LogP contribution in [-0.2, 0) is 4.79 Å². The maximum Gasteiger partial charge on any atom is 0.254 e. The van der Waals surface area contributed by atoms with Gasteiger partial charge in [-0.3, -0.25) is 9.59 Å². The van der Waals surface area contributed by atoms with Crippen molar-refractivity contribution in [2.45, 2.75) is 32.7 Å². The van der Waals surface area contributed by atoms with Crippen molar-refractivity contribution in [3.8, 4) is 0 Å². The van der Waals surface area contributed by atoms with Crippen LogP contribution in [0.4, 0.5) is 0 Å². The van der Waals surface area contributed by atoms with E-state index >= 15 is 0 Å². The number of piperidine rings is 1. The molecule has 1 aliphatic rings. The van der Waals surface area contributed by atoms with Crippen molar-refractivity contribution in [2.75, 3.05) is 13.1 Å². The zero-order valence-corrected chi connectivity index (χ0v) is 18.3. The minimum absolute atomic E-state index is 0.0391. The first kappa shape index (κ1) is 20.6. The van der Waals surface area contributed by atoms with Crippen molar-refractivity contribution in [1.29, 1.82) is 0 Å². The van der Waals surface area contributed by atoms with Crippen LogP contribution in [0.2, 0.25) is 0 Å². The number of carbonyl (C=O) groups is 2. The van der Waals surface area contributed by atoms with E-state index in [1.165, 1.54) is 4.88 Å². The van der Waals surface area contributed by atoms with Crippen LogP contribution in [0.1, 0.15) is 48.0 Å². The zero-order chi connectivity index (χ0) is 21.1. The fraction of sp³-hybridized carbons (Fsp3) is 0.360. The molecule has 156 valence electrons. The molecule has 2 amide bonds. The average molecular weight is 421 g/mol. The summed E-state index contributed by atoms with van der Waals surface area (Å²) in [5.41, 5.74) is 0.744. The third-order valence-electron chi connectivity index (χ3n) is 5.99. The lowest BCUT2D eigenvalue weighted by molar-refractivity contribution is -0.127. The summed E-state index contributed by atoms with van der Waals surface area (Å²) in [6.07, 6.45) is 1.41. The van der Waals surface area contributed by atoms with Crippen LogP contribution in [0.3, 0.4) is 0 Å². The topological polar surface area (TPSA) is 49.4 Å². The fourth-order valence-electron chi connectivity index (χ4n) is 4.23. The first-order chi connectivity index (χ1) is 14.5. The molecule has 1 unspecified atom stereocenters. The molecule has 0 aliphatic carbocycles. The SMILES string of the molecule is CC(C)C(NC(=O)C1CCN(C(=O)c2cccc3ccccc23)CC1)c1cccs1. The van der Waals surface area contributed by atoms with Gasteiger partial charge in [-0.2, -0.15) is 0 Å². The van der Waals surface area contributed by atoms with E-state index in [2.05, 4.69) is 25.2 Å². The van der Waals surface area contributed by atoms with Crippen molar-refractivity contribution < 1.29 is 9.59 Å². The van der Waals surface area contributed by atoms with Gasteiger partial charge in [0.15, 0.2) is 0 Å². The number of amides is 2. The van der Waals surface area contributed by atoms with E-state index < -0.39 is 0 Å². The highest BCUT2D eigenvalue weighted by atomic mass is 32.1. The molecule has 1 saturated heterocycles. The predicted octanol–water partition coefficient (Wildman–Crippen LogP) is 5.27. The molecule has 4 rings (SSSR count). The highest BCUT2D eigenvalue weighted by molar-refractivity contribution is 7.10. The molecule has 5 heteroatoms. The second-order valence-electron chi connectivity index (χ2n) is 8.34. The predicted molar refractivity (Wildman–Crippen MR) is 123 cm³/mol.